The van der Waals surface area contributed by atoms with Crippen molar-refractivity contribution in [1.82, 2.24) is 10.3 Å². The average molecular weight is 259 g/mol. The summed E-state index contributed by atoms with van der Waals surface area (Å²) >= 11 is 0. The van der Waals surface area contributed by atoms with Crippen LogP contribution in [0.2, 0.25) is 0 Å². The van der Waals surface area contributed by atoms with Gasteiger partial charge in [-0.05, 0) is 37.1 Å². The zero-order chi connectivity index (χ0) is 13.8. The van der Waals surface area contributed by atoms with Gasteiger partial charge in [0.2, 0.25) is 0 Å². The lowest BCUT2D eigenvalue weighted by molar-refractivity contribution is 0.0929. The third-order valence-electron chi connectivity index (χ3n) is 3.35. The van der Waals surface area contributed by atoms with Crippen LogP contribution in [-0.2, 0) is 0 Å². The quantitative estimate of drug-likeness (QED) is 0.722. The molecule has 19 heavy (non-hydrogen) atoms. The molecule has 0 aliphatic carbocycles. The highest BCUT2D eigenvalue weighted by molar-refractivity contribution is 5.98. The number of rotatable bonds is 5. The molecular weight excluding hydrogens is 238 g/mol. The molecule has 102 valence electrons. The Morgan fingerprint density at radius 2 is 2.16 bits per heavy atom. The molecule has 0 aliphatic rings. The predicted octanol–water partition coefficient (Wildman–Crippen LogP) is 3.06. The van der Waals surface area contributed by atoms with Crippen LogP contribution in [0.15, 0.2) is 24.3 Å². The number of benzene rings is 1. The first kappa shape index (κ1) is 13.5. The number of carbonyl (C=O) groups is 1. The van der Waals surface area contributed by atoms with Crippen LogP contribution in [0.1, 0.15) is 43.6 Å². The monoisotopic (exact) mass is 259 g/mol. The molecule has 4 N–H and O–H groups in total. The molecule has 1 aromatic heterocycles. The minimum atomic E-state index is -0.0462. The van der Waals surface area contributed by atoms with E-state index >= 15 is 0 Å². The fraction of sp³-hybridized carbons (Fsp3) is 0.400. The van der Waals surface area contributed by atoms with Gasteiger partial charge in [-0.25, -0.2) is 0 Å². The predicted molar refractivity (Wildman–Crippen MR) is 79.2 cm³/mol. The zero-order valence-electron chi connectivity index (χ0n) is 11.5. The van der Waals surface area contributed by atoms with Gasteiger partial charge in [0.25, 0.3) is 5.91 Å². The number of carbonyl (C=O) groups excluding carboxylic acids is 1. The highest BCUT2D eigenvalue weighted by atomic mass is 16.1. The van der Waals surface area contributed by atoms with Gasteiger partial charge in [0, 0.05) is 22.6 Å². The van der Waals surface area contributed by atoms with E-state index in [4.69, 9.17) is 5.73 Å². The molecule has 2 aromatic rings. The fourth-order valence-corrected chi connectivity index (χ4v) is 2.26. The van der Waals surface area contributed by atoms with E-state index in [0.717, 1.165) is 30.2 Å². The second-order valence-corrected chi connectivity index (χ2v) is 4.90. The minimum Gasteiger partial charge on any atom is -0.399 e. The van der Waals surface area contributed by atoms with E-state index in [9.17, 15) is 4.79 Å². The van der Waals surface area contributed by atoms with Gasteiger partial charge < -0.3 is 16.0 Å². The number of nitrogen functional groups attached to an aromatic ring is 1. The highest BCUT2D eigenvalue weighted by Gasteiger charge is 2.13. The summed E-state index contributed by atoms with van der Waals surface area (Å²) in [5.41, 5.74) is 7.97. The van der Waals surface area contributed by atoms with Crippen LogP contribution in [0, 0.1) is 0 Å². The van der Waals surface area contributed by atoms with E-state index in [-0.39, 0.29) is 11.9 Å². The average Bonchev–Trinajstić information content (AvgIpc) is 2.81. The number of nitrogens with two attached hydrogens (primary N) is 1. The van der Waals surface area contributed by atoms with Crippen molar-refractivity contribution in [2.75, 3.05) is 5.73 Å². The molecule has 1 heterocycles. The first-order chi connectivity index (χ1) is 9.13. The van der Waals surface area contributed by atoms with Gasteiger partial charge >= 0.3 is 0 Å². The second kappa shape index (κ2) is 5.78. The SMILES string of the molecule is CCCC(CC)NC(=O)c1cc2cc(N)ccc2[nH]1. The molecule has 0 saturated heterocycles. The van der Waals surface area contributed by atoms with Crippen LogP contribution in [-0.4, -0.2) is 16.9 Å². The second-order valence-electron chi connectivity index (χ2n) is 4.90. The molecule has 4 nitrogen and oxygen atoms in total. The Kier molecular flexibility index (Phi) is 4.10. The van der Waals surface area contributed by atoms with Crippen LogP contribution in [0.25, 0.3) is 10.9 Å². The number of H-pyrrole nitrogens is 1. The summed E-state index contributed by atoms with van der Waals surface area (Å²) in [7, 11) is 0. The summed E-state index contributed by atoms with van der Waals surface area (Å²) in [5.74, 6) is -0.0462. The van der Waals surface area contributed by atoms with E-state index in [0.29, 0.717) is 11.4 Å². The van der Waals surface area contributed by atoms with E-state index < -0.39 is 0 Å². The summed E-state index contributed by atoms with van der Waals surface area (Å²) < 4.78 is 0. The van der Waals surface area contributed by atoms with Crippen LogP contribution in [0.5, 0.6) is 0 Å². The smallest absolute Gasteiger partial charge is 0.267 e. The summed E-state index contributed by atoms with van der Waals surface area (Å²) in [5, 5.41) is 4.02. The van der Waals surface area contributed by atoms with Crippen molar-refractivity contribution < 1.29 is 4.79 Å². The summed E-state index contributed by atoms with van der Waals surface area (Å²) in [6, 6.07) is 7.68. The number of aromatic nitrogens is 1. The molecule has 0 aliphatic heterocycles. The molecule has 0 fully saturated rings. The van der Waals surface area contributed by atoms with Crippen molar-refractivity contribution in [3.05, 3.63) is 30.0 Å². The van der Waals surface area contributed by atoms with E-state index in [2.05, 4.69) is 24.1 Å². The van der Waals surface area contributed by atoms with Gasteiger partial charge in [0.15, 0.2) is 0 Å². The van der Waals surface area contributed by atoms with E-state index in [1.807, 2.05) is 24.3 Å². The molecule has 0 spiro atoms. The first-order valence-electron chi connectivity index (χ1n) is 6.83. The van der Waals surface area contributed by atoms with Gasteiger partial charge in [-0.1, -0.05) is 20.3 Å². The minimum absolute atomic E-state index is 0.0462. The van der Waals surface area contributed by atoms with Crippen LogP contribution >= 0.6 is 0 Å². The van der Waals surface area contributed by atoms with Crippen molar-refractivity contribution in [2.45, 2.75) is 39.2 Å². The lowest BCUT2D eigenvalue weighted by atomic mass is 10.1. The lowest BCUT2D eigenvalue weighted by Crippen LogP contribution is -2.34. The third-order valence-corrected chi connectivity index (χ3v) is 3.35. The standard InChI is InChI=1S/C15H21N3O/c1-3-5-12(4-2)17-15(19)14-9-10-8-11(16)6-7-13(10)18-14/h6-9,12,18H,3-5,16H2,1-2H3,(H,17,19). The van der Waals surface area contributed by atoms with Crippen LogP contribution in [0.3, 0.4) is 0 Å². The van der Waals surface area contributed by atoms with Crippen molar-refractivity contribution in [3.63, 3.8) is 0 Å². The first-order valence-corrected chi connectivity index (χ1v) is 6.83. The third kappa shape index (κ3) is 3.08. The molecule has 1 amide bonds. The molecular formula is C15H21N3O. The Labute approximate surface area is 113 Å². The number of nitrogens with one attached hydrogen (secondary N) is 2. The van der Waals surface area contributed by atoms with Gasteiger partial charge in [0.05, 0.1) is 0 Å². The maximum Gasteiger partial charge on any atom is 0.267 e. The Balaban J connectivity index is 2.17. The molecule has 1 unspecified atom stereocenters. The number of hydrogen-bond donors (Lipinski definition) is 3. The normalized spacial score (nSPS) is 12.5. The maximum absolute atomic E-state index is 12.2. The molecule has 0 radical (unpaired) electrons. The number of aromatic amines is 1. The summed E-state index contributed by atoms with van der Waals surface area (Å²) in [4.78, 5) is 15.3. The van der Waals surface area contributed by atoms with Crippen molar-refractivity contribution in [3.8, 4) is 0 Å². The van der Waals surface area contributed by atoms with Crippen LogP contribution < -0.4 is 11.1 Å². The maximum atomic E-state index is 12.2. The summed E-state index contributed by atoms with van der Waals surface area (Å²) in [6.07, 6.45) is 3.03. The van der Waals surface area contributed by atoms with Gasteiger partial charge in [-0.15, -0.1) is 0 Å². The van der Waals surface area contributed by atoms with Crippen LogP contribution in [0.4, 0.5) is 5.69 Å². The Bertz CT molecular complexity index is 574. The van der Waals surface area contributed by atoms with Crippen molar-refractivity contribution >= 4 is 22.5 Å². The van der Waals surface area contributed by atoms with Crippen molar-refractivity contribution in [1.29, 1.82) is 0 Å². The van der Waals surface area contributed by atoms with E-state index in [1.165, 1.54) is 0 Å². The largest absolute Gasteiger partial charge is 0.399 e. The lowest BCUT2D eigenvalue weighted by Gasteiger charge is -2.15. The van der Waals surface area contributed by atoms with Gasteiger partial charge in [-0.3, -0.25) is 4.79 Å². The van der Waals surface area contributed by atoms with E-state index in [1.54, 1.807) is 0 Å². The Morgan fingerprint density at radius 3 is 2.84 bits per heavy atom. The topological polar surface area (TPSA) is 70.9 Å². The fourth-order valence-electron chi connectivity index (χ4n) is 2.26. The molecule has 2 rings (SSSR count). The molecule has 1 atom stereocenters. The number of fused-ring (bicyclic) bond motifs is 1. The van der Waals surface area contributed by atoms with Crippen molar-refractivity contribution in [2.24, 2.45) is 0 Å². The number of amides is 1. The van der Waals surface area contributed by atoms with Gasteiger partial charge in [-0.2, -0.15) is 0 Å². The molecule has 0 saturated carbocycles. The Hall–Kier alpha value is -1.97. The molecule has 1 aromatic carbocycles. The van der Waals surface area contributed by atoms with Gasteiger partial charge in [0.1, 0.15) is 5.69 Å². The zero-order valence-corrected chi connectivity index (χ0v) is 11.5. The number of anilines is 1. The molecule has 0 bridgehead atoms. The molecule has 4 heteroatoms. The summed E-state index contributed by atoms with van der Waals surface area (Å²) in [6.45, 7) is 4.22. The number of hydrogen-bond acceptors (Lipinski definition) is 2. The highest BCUT2D eigenvalue weighted by Crippen LogP contribution is 2.18. The Morgan fingerprint density at radius 1 is 1.37 bits per heavy atom.